The molecule has 1 N–H and O–H groups in total. The number of hydrogen-bond donors (Lipinski definition) is 1. The highest BCUT2D eigenvalue weighted by molar-refractivity contribution is 5.79. The summed E-state index contributed by atoms with van der Waals surface area (Å²) in [7, 11) is 0. The first-order valence-corrected chi connectivity index (χ1v) is 7.01. The summed E-state index contributed by atoms with van der Waals surface area (Å²) < 4.78 is 13.6. The molecule has 4 heteroatoms. The van der Waals surface area contributed by atoms with Crippen molar-refractivity contribution in [2.45, 2.75) is 26.2 Å². The van der Waals surface area contributed by atoms with E-state index in [4.69, 9.17) is 0 Å². The van der Waals surface area contributed by atoms with Gasteiger partial charge in [0.15, 0.2) is 0 Å². The second-order valence-electron chi connectivity index (χ2n) is 5.33. The van der Waals surface area contributed by atoms with E-state index in [1.807, 2.05) is 26.0 Å². The molecule has 1 aliphatic carbocycles. The molecule has 1 aromatic heterocycles. The first-order valence-electron chi connectivity index (χ1n) is 7.01. The van der Waals surface area contributed by atoms with Crippen molar-refractivity contribution in [3.8, 4) is 0 Å². The molecular weight excluding hydrogens is 267 g/mol. The van der Waals surface area contributed by atoms with Gasteiger partial charge >= 0.3 is 0 Å². The van der Waals surface area contributed by atoms with Crippen molar-refractivity contribution in [1.82, 2.24) is 9.97 Å². The Balaban J connectivity index is 2.18. The molecule has 0 saturated carbocycles. The summed E-state index contributed by atoms with van der Waals surface area (Å²) in [6.45, 7) is 3.95. The first-order chi connectivity index (χ1) is 10.1. The third-order valence-electron chi connectivity index (χ3n) is 4.02. The molecule has 1 heterocycles. The van der Waals surface area contributed by atoms with Crippen molar-refractivity contribution in [2.75, 3.05) is 6.61 Å². The van der Waals surface area contributed by atoms with Crippen molar-refractivity contribution in [1.29, 1.82) is 0 Å². The number of nitrogens with zero attached hydrogens (tertiary/aromatic N) is 2. The summed E-state index contributed by atoms with van der Waals surface area (Å²) in [5.74, 6) is 0.486. The number of fused-ring (bicyclic) bond motifs is 1. The van der Waals surface area contributed by atoms with E-state index in [1.165, 1.54) is 6.07 Å². The quantitative estimate of drug-likeness (QED) is 0.941. The fraction of sp³-hybridized carbons (Fsp3) is 0.294. The summed E-state index contributed by atoms with van der Waals surface area (Å²) in [4.78, 5) is 8.65. The van der Waals surface area contributed by atoms with Gasteiger partial charge in [0.1, 0.15) is 11.6 Å². The first kappa shape index (κ1) is 13.9. The van der Waals surface area contributed by atoms with Crippen molar-refractivity contribution in [2.24, 2.45) is 0 Å². The molecule has 0 fully saturated rings. The zero-order valence-corrected chi connectivity index (χ0v) is 12.1. The minimum atomic E-state index is -0.253. The molecule has 21 heavy (non-hydrogen) atoms. The third kappa shape index (κ3) is 2.36. The molecule has 2 aromatic rings. The van der Waals surface area contributed by atoms with Crippen LogP contribution in [0.15, 0.2) is 36.0 Å². The average Bonchev–Trinajstić information content (AvgIpc) is 2.72. The molecule has 0 saturated heterocycles. The molecule has 108 valence electrons. The fourth-order valence-corrected chi connectivity index (χ4v) is 3.12. The summed E-state index contributed by atoms with van der Waals surface area (Å²) in [5, 5.41) is 9.29. The van der Waals surface area contributed by atoms with Crippen LogP contribution in [0.5, 0.6) is 0 Å². The van der Waals surface area contributed by atoms with Gasteiger partial charge in [-0.3, -0.25) is 0 Å². The Morgan fingerprint density at radius 1 is 1.24 bits per heavy atom. The van der Waals surface area contributed by atoms with Gasteiger partial charge in [-0.2, -0.15) is 0 Å². The number of halogens is 1. The lowest BCUT2D eigenvalue weighted by atomic mass is 9.93. The van der Waals surface area contributed by atoms with Crippen LogP contribution in [-0.4, -0.2) is 21.7 Å². The van der Waals surface area contributed by atoms with Gasteiger partial charge < -0.3 is 5.11 Å². The van der Waals surface area contributed by atoms with E-state index >= 15 is 0 Å². The van der Waals surface area contributed by atoms with Gasteiger partial charge in [0.2, 0.25) is 0 Å². The molecule has 0 radical (unpaired) electrons. The lowest BCUT2D eigenvalue weighted by molar-refractivity contribution is 0.305. The lowest BCUT2D eigenvalue weighted by Gasteiger charge is -2.14. The largest absolute Gasteiger partial charge is 0.396 e. The van der Waals surface area contributed by atoms with Crippen LogP contribution in [0.4, 0.5) is 4.39 Å². The fourth-order valence-electron chi connectivity index (χ4n) is 3.12. The molecule has 0 amide bonds. The average molecular weight is 284 g/mol. The van der Waals surface area contributed by atoms with E-state index in [-0.39, 0.29) is 18.3 Å². The number of allylic oxidation sites excluding steroid dienone is 1. The van der Waals surface area contributed by atoms with E-state index in [2.05, 4.69) is 9.97 Å². The highest BCUT2D eigenvalue weighted by Crippen LogP contribution is 2.46. The van der Waals surface area contributed by atoms with Crippen LogP contribution in [0.2, 0.25) is 0 Å². The van der Waals surface area contributed by atoms with Crippen molar-refractivity contribution < 1.29 is 9.50 Å². The molecule has 0 spiro atoms. The smallest absolute Gasteiger partial charge is 0.125 e. The lowest BCUT2D eigenvalue weighted by Crippen LogP contribution is -2.04. The highest BCUT2D eigenvalue weighted by Gasteiger charge is 2.30. The molecule has 1 aliphatic rings. The number of hydrogen-bond acceptors (Lipinski definition) is 3. The molecular formula is C17H17FN2O. The Labute approximate surface area is 123 Å². The Kier molecular flexibility index (Phi) is 3.55. The van der Waals surface area contributed by atoms with Crippen molar-refractivity contribution in [3.05, 3.63) is 64.5 Å². The van der Waals surface area contributed by atoms with Crippen molar-refractivity contribution >= 4 is 5.57 Å². The van der Waals surface area contributed by atoms with E-state index in [0.29, 0.717) is 6.42 Å². The zero-order chi connectivity index (χ0) is 15.0. The second-order valence-corrected chi connectivity index (χ2v) is 5.33. The Morgan fingerprint density at radius 2 is 2.05 bits per heavy atom. The maximum absolute atomic E-state index is 13.6. The second kappa shape index (κ2) is 5.37. The normalized spacial score (nSPS) is 17.2. The van der Waals surface area contributed by atoms with E-state index < -0.39 is 0 Å². The number of aliphatic hydroxyl groups is 1. The molecule has 3 rings (SSSR count). The van der Waals surface area contributed by atoms with Gasteiger partial charge in [-0.1, -0.05) is 11.6 Å². The van der Waals surface area contributed by atoms with Crippen LogP contribution in [0.3, 0.4) is 0 Å². The summed E-state index contributed by atoms with van der Waals surface area (Å²) >= 11 is 0. The number of aryl methyl sites for hydroxylation is 1. The number of aromatic nitrogens is 2. The Bertz CT molecular complexity index is 724. The topological polar surface area (TPSA) is 46.0 Å². The van der Waals surface area contributed by atoms with Gasteiger partial charge in [-0.25, -0.2) is 14.4 Å². The molecule has 1 atom stereocenters. The monoisotopic (exact) mass is 284 g/mol. The minimum absolute atomic E-state index is 0.0175. The molecule has 1 aromatic carbocycles. The summed E-state index contributed by atoms with van der Waals surface area (Å²) in [5.41, 5.74) is 5.01. The van der Waals surface area contributed by atoms with Crippen LogP contribution >= 0.6 is 0 Å². The summed E-state index contributed by atoms with van der Waals surface area (Å²) in [6.07, 6.45) is 2.28. The van der Waals surface area contributed by atoms with Gasteiger partial charge in [0.05, 0.1) is 5.69 Å². The number of benzene rings is 1. The molecule has 3 nitrogen and oxygen atoms in total. The van der Waals surface area contributed by atoms with Crippen LogP contribution in [0.25, 0.3) is 5.57 Å². The molecule has 1 unspecified atom stereocenters. The maximum Gasteiger partial charge on any atom is 0.125 e. The van der Waals surface area contributed by atoms with E-state index in [9.17, 15) is 9.50 Å². The van der Waals surface area contributed by atoms with Gasteiger partial charge in [-0.15, -0.1) is 0 Å². The molecule has 0 aliphatic heterocycles. The predicted molar refractivity (Wildman–Crippen MR) is 79.3 cm³/mol. The zero-order valence-electron chi connectivity index (χ0n) is 12.1. The van der Waals surface area contributed by atoms with Gasteiger partial charge in [-0.05, 0) is 55.2 Å². The van der Waals surface area contributed by atoms with Crippen LogP contribution in [0.1, 0.15) is 41.9 Å². The molecule has 0 bridgehead atoms. The van der Waals surface area contributed by atoms with Crippen LogP contribution in [0, 0.1) is 12.7 Å². The SMILES string of the molecule is CC1=C(CCO)c2cc(F)ccc2C1c1ccnc(C)n1. The summed E-state index contributed by atoms with van der Waals surface area (Å²) in [6, 6.07) is 6.75. The van der Waals surface area contributed by atoms with Gasteiger partial charge in [0.25, 0.3) is 0 Å². The number of rotatable bonds is 3. The van der Waals surface area contributed by atoms with Crippen LogP contribution < -0.4 is 0 Å². The Morgan fingerprint density at radius 3 is 2.76 bits per heavy atom. The van der Waals surface area contributed by atoms with E-state index in [1.54, 1.807) is 12.3 Å². The standard InChI is InChI=1S/C17H17FN2O/c1-10-13(6-8-21)15-9-12(18)3-4-14(15)17(10)16-5-7-19-11(2)20-16/h3-5,7,9,17,21H,6,8H2,1-2H3. The van der Waals surface area contributed by atoms with Crippen molar-refractivity contribution in [3.63, 3.8) is 0 Å². The number of aliphatic hydroxyl groups excluding tert-OH is 1. The van der Waals surface area contributed by atoms with Gasteiger partial charge in [0, 0.05) is 18.7 Å². The van der Waals surface area contributed by atoms with Crippen LogP contribution in [-0.2, 0) is 0 Å². The highest BCUT2D eigenvalue weighted by atomic mass is 19.1. The Hall–Kier alpha value is -2.07. The maximum atomic E-state index is 13.6. The minimum Gasteiger partial charge on any atom is -0.396 e. The van der Waals surface area contributed by atoms with E-state index in [0.717, 1.165) is 33.8 Å². The predicted octanol–water partition coefficient (Wildman–Crippen LogP) is 3.23. The third-order valence-corrected chi connectivity index (χ3v) is 4.02.